The van der Waals surface area contributed by atoms with Crippen LogP contribution in [0.4, 0.5) is 22.2 Å². The molecule has 1 amide bonds. The van der Waals surface area contributed by atoms with E-state index in [1.165, 1.54) is 0 Å². The summed E-state index contributed by atoms with van der Waals surface area (Å²) in [7, 11) is 0. The number of hydrogen-bond donors (Lipinski definition) is 3. The zero-order valence-corrected chi connectivity index (χ0v) is 22.3. The van der Waals surface area contributed by atoms with Crippen molar-refractivity contribution in [3.05, 3.63) is 66.7 Å². The number of anilines is 3. The molecular weight excluding hydrogens is 492 g/mol. The number of nitrogens with zero attached hydrogens (tertiary/aromatic N) is 5. The van der Waals surface area contributed by atoms with Crippen LogP contribution in [-0.2, 0) is 4.74 Å². The molecule has 6 rings (SSSR count). The minimum atomic E-state index is -0.486. The molecule has 10 heteroatoms. The maximum atomic E-state index is 12.4. The third kappa shape index (κ3) is 5.36. The largest absolute Gasteiger partial charge is 0.444 e. The Morgan fingerprint density at radius 3 is 2.59 bits per heavy atom. The molecule has 3 N–H and O–H groups in total. The van der Waals surface area contributed by atoms with Crippen molar-refractivity contribution in [1.82, 2.24) is 29.7 Å². The lowest BCUT2D eigenvalue weighted by Gasteiger charge is -2.33. The smallest absolute Gasteiger partial charge is 0.410 e. The molecule has 39 heavy (non-hydrogen) atoms. The lowest BCUT2D eigenvalue weighted by Crippen LogP contribution is -2.44. The highest BCUT2D eigenvalue weighted by Gasteiger charge is 2.27. The maximum absolute atomic E-state index is 12.4. The normalized spacial score (nSPS) is 14.6. The fraction of sp³-hybridized carbons (Fsp3) is 0.310. The summed E-state index contributed by atoms with van der Waals surface area (Å²) in [6.07, 6.45) is 1.41. The van der Waals surface area contributed by atoms with Gasteiger partial charge < -0.3 is 20.3 Å². The van der Waals surface area contributed by atoms with Crippen molar-refractivity contribution in [2.45, 2.75) is 45.3 Å². The molecule has 5 aromatic rings. The number of pyridine rings is 1. The number of benzene rings is 2. The predicted molar refractivity (Wildman–Crippen MR) is 152 cm³/mol. The molecule has 1 aliphatic heterocycles. The Hall–Kier alpha value is -4.60. The van der Waals surface area contributed by atoms with Crippen LogP contribution in [0.3, 0.4) is 0 Å². The summed E-state index contributed by atoms with van der Waals surface area (Å²) in [6, 6.07) is 22.4. The predicted octanol–water partition coefficient (Wildman–Crippen LogP) is 5.83. The van der Waals surface area contributed by atoms with Crippen LogP contribution in [0.15, 0.2) is 66.7 Å². The van der Waals surface area contributed by atoms with Gasteiger partial charge in [-0.25, -0.2) is 9.31 Å². The third-order valence-corrected chi connectivity index (χ3v) is 6.74. The van der Waals surface area contributed by atoms with Gasteiger partial charge in [-0.2, -0.15) is 10.1 Å². The van der Waals surface area contributed by atoms with Crippen LogP contribution in [0.25, 0.3) is 27.8 Å². The van der Waals surface area contributed by atoms with Gasteiger partial charge in [-0.3, -0.25) is 5.10 Å². The Morgan fingerprint density at radius 2 is 1.82 bits per heavy atom. The van der Waals surface area contributed by atoms with Crippen LogP contribution in [0.1, 0.15) is 33.6 Å². The summed E-state index contributed by atoms with van der Waals surface area (Å²) in [4.78, 5) is 18.8. The SMILES string of the molecule is CC(C)(C)OC(=O)N1CCC(Nc2n[nH]c3cc(Nc4nc5cccc(-c6ccccc6)n5n4)ccc23)CC1. The first-order chi connectivity index (χ1) is 18.8. The first-order valence-electron chi connectivity index (χ1n) is 13.2. The van der Waals surface area contributed by atoms with Crippen molar-refractivity contribution >= 4 is 40.1 Å². The molecule has 0 unspecified atom stereocenters. The number of ether oxygens (including phenoxy) is 1. The highest BCUT2D eigenvalue weighted by Crippen LogP contribution is 2.28. The second-order valence-electron chi connectivity index (χ2n) is 10.8. The molecule has 0 bridgehead atoms. The second kappa shape index (κ2) is 9.94. The van der Waals surface area contributed by atoms with E-state index in [1.807, 2.05) is 79.9 Å². The lowest BCUT2D eigenvalue weighted by molar-refractivity contribution is 0.0210. The quantitative estimate of drug-likeness (QED) is 0.265. The number of amides is 1. The Labute approximate surface area is 226 Å². The summed E-state index contributed by atoms with van der Waals surface area (Å²) < 4.78 is 7.36. The molecule has 200 valence electrons. The number of carbonyl (C=O) groups excluding carboxylic acids is 1. The average molecular weight is 525 g/mol. The van der Waals surface area contributed by atoms with E-state index in [9.17, 15) is 4.79 Å². The molecule has 4 heterocycles. The second-order valence-corrected chi connectivity index (χ2v) is 10.8. The number of hydrogen-bond acceptors (Lipinski definition) is 7. The molecule has 3 aromatic heterocycles. The molecule has 1 aliphatic rings. The number of piperidine rings is 1. The van der Waals surface area contributed by atoms with Gasteiger partial charge in [-0.15, -0.1) is 5.10 Å². The van der Waals surface area contributed by atoms with E-state index in [-0.39, 0.29) is 12.1 Å². The van der Waals surface area contributed by atoms with Gasteiger partial charge in [-0.1, -0.05) is 36.4 Å². The highest BCUT2D eigenvalue weighted by atomic mass is 16.6. The first kappa shape index (κ1) is 24.7. The molecule has 10 nitrogen and oxygen atoms in total. The fourth-order valence-electron chi connectivity index (χ4n) is 4.85. The van der Waals surface area contributed by atoms with Gasteiger partial charge in [0.15, 0.2) is 11.5 Å². The van der Waals surface area contributed by atoms with Crippen LogP contribution in [0, 0.1) is 0 Å². The molecule has 0 spiro atoms. The number of H-pyrrole nitrogens is 1. The minimum Gasteiger partial charge on any atom is -0.444 e. The van der Waals surface area contributed by atoms with Crippen LogP contribution < -0.4 is 10.6 Å². The summed E-state index contributed by atoms with van der Waals surface area (Å²) in [5.74, 6) is 1.33. The van der Waals surface area contributed by atoms with E-state index in [4.69, 9.17) is 9.84 Å². The van der Waals surface area contributed by atoms with Gasteiger partial charge in [0.25, 0.3) is 0 Å². The number of rotatable bonds is 5. The number of likely N-dealkylation sites (tertiary alicyclic amines) is 1. The number of fused-ring (bicyclic) bond motifs is 2. The molecule has 1 saturated heterocycles. The summed E-state index contributed by atoms with van der Waals surface area (Å²) in [5, 5.41) is 20.2. The zero-order valence-electron chi connectivity index (χ0n) is 22.3. The van der Waals surface area contributed by atoms with Crippen molar-refractivity contribution in [1.29, 1.82) is 0 Å². The number of aromatic amines is 1. The van der Waals surface area contributed by atoms with Crippen molar-refractivity contribution in [2.24, 2.45) is 0 Å². The van der Waals surface area contributed by atoms with Crippen LogP contribution in [0.5, 0.6) is 0 Å². The number of aromatic nitrogens is 5. The van der Waals surface area contributed by atoms with Crippen molar-refractivity contribution in [3.63, 3.8) is 0 Å². The van der Waals surface area contributed by atoms with Crippen LogP contribution >= 0.6 is 0 Å². The van der Waals surface area contributed by atoms with Gasteiger partial charge >= 0.3 is 6.09 Å². The van der Waals surface area contributed by atoms with Crippen molar-refractivity contribution in [2.75, 3.05) is 23.7 Å². The zero-order chi connectivity index (χ0) is 27.0. The average Bonchev–Trinajstić information content (AvgIpc) is 3.51. The van der Waals surface area contributed by atoms with Crippen LogP contribution in [0.2, 0.25) is 0 Å². The van der Waals surface area contributed by atoms with Crippen molar-refractivity contribution < 1.29 is 9.53 Å². The molecular formula is C29H32N8O2. The Morgan fingerprint density at radius 1 is 1.03 bits per heavy atom. The molecule has 2 aromatic carbocycles. The standard InChI is InChI=1S/C29H32N8O2/c1-29(2,3)39-28(38)36-16-14-20(15-17-36)30-26-22-13-12-21(18-23(22)33-34-26)31-27-32-25-11-7-10-24(37(25)35-27)19-8-5-4-6-9-19/h4-13,18,20H,14-17H2,1-3H3,(H,31,35)(H2,30,33,34). The third-order valence-electron chi connectivity index (χ3n) is 6.74. The van der Waals surface area contributed by atoms with E-state index in [2.05, 4.69) is 37.9 Å². The Balaban J connectivity index is 1.13. The molecule has 0 aliphatic carbocycles. The molecule has 0 atom stereocenters. The van der Waals surface area contributed by atoms with E-state index in [0.29, 0.717) is 19.0 Å². The van der Waals surface area contributed by atoms with E-state index < -0.39 is 5.60 Å². The fourth-order valence-corrected chi connectivity index (χ4v) is 4.85. The number of carbonyl (C=O) groups is 1. The van der Waals surface area contributed by atoms with Gasteiger partial charge in [0.2, 0.25) is 5.95 Å². The minimum absolute atomic E-state index is 0.231. The summed E-state index contributed by atoms with van der Waals surface area (Å²) >= 11 is 0. The maximum Gasteiger partial charge on any atom is 0.410 e. The number of nitrogens with one attached hydrogen (secondary N) is 3. The lowest BCUT2D eigenvalue weighted by atomic mass is 10.1. The van der Waals surface area contributed by atoms with Gasteiger partial charge in [0, 0.05) is 35.8 Å². The first-order valence-corrected chi connectivity index (χ1v) is 13.2. The van der Waals surface area contributed by atoms with E-state index in [1.54, 1.807) is 4.90 Å². The Bertz CT molecular complexity index is 1610. The molecule has 0 saturated carbocycles. The molecule has 0 radical (unpaired) electrons. The molecule has 1 fully saturated rings. The van der Waals surface area contributed by atoms with Crippen molar-refractivity contribution in [3.8, 4) is 11.3 Å². The van der Waals surface area contributed by atoms with E-state index in [0.717, 1.165) is 52.2 Å². The monoisotopic (exact) mass is 524 g/mol. The van der Waals surface area contributed by atoms with Gasteiger partial charge in [0.1, 0.15) is 5.60 Å². The van der Waals surface area contributed by atoms with Gasteiger partial charge in [-0.05, 0) is 63.9 Å². The van der Waals surface area contributed by atoms with Crippen LogP contribution in [-0.4, -0.2) is 60.5 Å². The summed E-state index contributed by atoms with van der Waals surface area (Å²) in [5.41, 5.74) is 4.10. The van der Waals surface area contributed by atoms with Gasteiger partial charge in [0.05, 0.1) is 11.2 Å². The highest BCUT2D eigenvalue weighted by molar-refractivity contribution is 5.92. The van der Waals surface area contributed by atoms with E-state index >= 15 is 0 Å². The summed E-state index contributed by atoms with van der Waals surface area (Å²) in [6.45, 7) is 6.97. The topological polar surface area (TPSA) is 112 Å². The Kier molecular flexibility index (Phi) is 6.30.